The molecule has 0 bridgehead atoms. The van der Waals surface area contributed by atoms with Gasteiger partial charge < -0.3 is 14.4 Å². The fraction of sp³-hybridized carbons (Fsp3) is 0.214. The summed E-state index contributed by atoms with van der Waals surface area (Å²) in [6, 6.07) is 8.45. The van der Waals surface area contributed by atoms with Crippen molar-refractivity contribution in [1.29, 1.82) is 0 Å². The SMILES string of the molecule is Cc1ccc(CN(C)C(=O)c2cc(Br)ccc2O)o1. The fourth-order valence-electron chi connectivity index (χ4n) is 1.76. The van der Waals surface area contributed by atoms with Crippen molar-refractivity contribution in [1.82, 2.24) is 4.90 Å². The lowest BCUT2D eigenvalue weighted by atomic mass is 10.2. The van der Waals surface area contributed by atoms with Gasteiger partial charge in [0, 0.05) is 11.5 Å². The van der Waals surface area contributed by atoms with E-state index in [9.17, 15) is 9.90 Å². The van der Waals surface area contributed by atoms with Crippen LogP contribution in [0.15, 0.2) is 39.2 Å². The fourth-order valence-corrected chi connectivity index (χ4v) is 2.12. The van der Waals surface area contributed by atoms with E-state index in [1.807, 2.05) is 19.1 Å². The molecule has 1 N–H and O–H groups in total. The van der Waals surface area contributed by atoms with E-state index in [1.165, 1.54) is 11.0 Å². The van der Waals surface area contributed by atoms with Crippen LogP contribution in [0.4, 0.5) is 0 Å². The van der Waals surface area contributed by atoms with Crippen LogP contribution in [-0.4, -0.2) is 23.0 Å². The van der Waals surface area contributed by atoms with Crippen LogP contribution in [0.25, 0.3) is 0 Å². The minimum Gasteiger partial charge on any atom is -0.507 e. The molecule has 0 saturated carbocycles. The zero-order valence-corrected chi connectivity index (χ0v) is 12.3. The average molecular weight is 324 g/mol. The Kier molecular flexibility index (Phi) is 3.95. The molecule has 0 fully saturated rings. The second-order valence-corrected chi connectivity index (χ2v) is 5.25. The van der Waals surface area contributed by atoms with Gasteiger partial charge in [0.1, 0.15) is 17.3 Å². The van der Waals surface area contributed by atoms with E-state index < -0.39 is 0 Å². The first kappa shape index (κ1) is 13.7. The van der Waals surface area contributed by atoms with Crippen LogP contribution in [0.2, 0.25) is 0 Å². The van der Waals surface area contributed by atoms with Gasteiger partial charge in [-0.25, -0.2) is 0 Å². The Labute approximate surface area is 119 Å². The molecule has 1 aromatic heterocycles. The molecule has 1 aromatic carbocycles. The highest BCUT2D eigenvalue weighted by Gasteiger charge is 2.17. The number of benzene rings is 1. The van der Waals surface area contributed by atoms with Crippen molar-refractivity contribution in [2.45, 2.75) is 13.5 Å². The Hall–Kier alpha value is -1.75. The lowest BCUT2D eigenvalue weighted by molar-refractivity contribution is 0.0772. The Balaban J connectivity index is 2.16. The molecule has 0 atom stereocenters. The number of aryl methyl sites for hydroxylation is 1. The predicted octanol–water partition coefficient (Wildman–Crippen LogP) is 3.33. The maximum absolute atomic E-state index is 12.2. The first-order valence-corrected chi connectivity index (χ1v) is 6.56. The predicted molar refractivity (Wildman–Crippen MR) is 75.0 cm³/mol. The molecule has 1 heterocycles. The van der Waals surface area contributed by atoms with Crippen LogP contribution in [0.5, 0.6) is 5.75 Å². The minimum absolute atomic E-state index is 0.0318. The van der Waals surface area contributed by atoms with E-state index in [2.05, 4.69) is 15.9 Å². The van der Waals surface area contributed by atoms with Gasteiger partial charge in [-0.3, -0.25) is 4.79 Å². The van der Waals surface area contributed by atoms with E-state index in [-0.39, 0.29) is 17.2 Å². The molecule has 0 aliphatic rings. The normalized spacial score (nSPS) is 10.5. The highest BCUT2D eigenvalue weighted by Crippen LogP contribution is 2.23. The monoisotopic (exact) mass is 323 g/mol. The van der Waals surface area contributed by atoms with Gasteiger partial charge >= 0.3 is 0 Å². The smallest absolute Gasteiger partial charge is 0.257 e. The molecule has 4 nitrogen and oxygen atoms in total. The van der Waals surface area contributed by atoms with Crippen LogP contribution in [0.3, 0.4) is 0 Å². The molecule has 1 amide bonds. The third-order valence-electron chi connectivity index (χ3n) is 2.72. The van der Waals surface area contributed by atoms with Crippen molar-refractivity contribution in [3.05, 3.63) is 51.9 Å². The number of aromatic hydroxyl groups is 1. The Morgan fingerprint density at radius 1 is 1.37 bits per heavy atom. The molecule has 0 aliphatic carbocycles. The van der Waals surface area contributed by atoms with Crippen LogP contribution in [0, 0.1) is 6.92 Å². The van der Waals surface area contributed by atoms with Gasteiger partial charge in [-0.05, 0) is 37.3 Å². The number of halogens is 1. The number of furan rings is 1. The molecule has 0 saturated heterocycles. The summed E-state index contributed by atoms with van der Waals surface area (Å²) in [6.07, 6.45) is 0. The van der Waals surface area contributed by atoms with Gasteiger partial charge in [-0.2, -0.15) is 0 Å². The van der Waals surface area contributed by atoms with E-state index in [4.69, 9.17) is 4.42 Å². The van der Waals surface area contributed by atoms with Crippen LogP contribution in [-0.2, 0) is 6.54 Å². The largest absolute Gasteiger partial charge is 0.507 e. The number of hydrogen-bond acceptors (Lipinski definition) is 3. The number of nitrogens with zero attached hydrogens (tertiary/aromatic N) is 1. The molecule has 0 aliphatic heterocycles. The van der Waals surface area contributed by atoms with E-state index in [0.717, 1.165) is 10.2 Å². The molecule has 19 heavy (non-hydrogen) atoms. The molecular weight excluding hydrogens is 310 g/mol. The molecule has 2 aromatic rings. The quantitative estimate of drug-likeness (QED) is 0.942. The van der Waals surface area contributed by atoms with Gasteiger partial charge in [-0.15, -0.1) is 0 Å². The molecule has 0 spiro atoms. The molecule has 100 valence electrons. The maximum Gasteiger partial charge on any atom is 0.257 e. The number of hydrogen-bond donors (Lipinski definition) is 1. The van der Waals surface area contributed by atoms with E-state index in [1.54, 1.807) is 19.2 Å². The summed E-state index contributed by atoms with van der Waals surface area (Å²) in [5, 5.41) is 9.73. The summed E-state index contributed by atoms with van der Waals surface area (Å²) >= 11 is 3.28. The van der Waals surface area contributed by atoms with Gasteiger partial charge in [0.05, 0.1) is 12.1 Å². The van der Waals surface area contributed by atoms with Crippen LogP contribution < -0.4 is 0 Å². The number of carbonyl (C=O) groups is 1. The minimum atomic E-state index is -0.257. The number of phenolic OH excluding ortho intramolecular Hbond substituents is 1. The summed E-state index contributed by atoms with van der Waals surface area (Å²) in [4.78, 5) is 13.7. The topological polar surface area (TPSA) is 53.7 Å². The molecular formula is C14H14BrNO3. The lowest BCUT2D eigenvalue weighted by Crippen LogP contribution is -2.26. The highest BCUT2D eigenvalue weighted by atomic mass is 79.9. The highest BCUT2D eigenvalue weighted by molar-refractivity contribution is 9.10. The van der Waals surface area contributed by atoms with Crippen molar-refractivity contribution in [2.24, 2.45) is 0 Å². The molecule has 0 unspecified atom stereocenters. The summed E-state index contributed by atoms with van der Waals surface area (Å²) < 4.78 is 6.17. The number of rotatable bonds is 3. The Morgan fingerprint density at radius 2 is 2.11 bits per heavy atom. The van der Waals surface area contributed by atoms with E-state index >= 15 is 0 Å². The third-order valence-corrected chi connectivity index (χ3v) is 3.22. The second kappa shape index (κ2) is 5.48. The number of phenols is 1. The van der Waals surface area contributed by atoms with E-state index in [0.29, 0.717) is 12.3 Å². The van der Waals surface area contributed by atoms with Gasteiger partial charge in [0.15, 0.2) is 0 Å². The van der Waals surface area contributed by atoms with Crippen molar-refractivity contribution in [3.8, 4) is 5.75 Å². The number of amides is 1. The zero-order chi connectivity index (χ0) is 14.0. The Bertz CT molecular complexity index is 606. The standard InChI is InChI=1S/C14H14BrNO3/c1-9-3-5-11(19-9)8-16(2)14(18)12-7-10(15)4-6-13(12)17/h3-7,17H,8H2,1-2H3. The van der Waals surface area contributed by atoms with Crippen molar-refractivity contribution < 1.29 is 14.3 Å². The summed E-state index contributed by atoms with van der Waals surface area (Å²) in [7, 11) is 1.67. The maximum atomic E-state index is 12.2. The van der Waals surface area contributed by atoms with Gasteiger partial charge in [-0.1, -0.05) is 15.9 Å². The second-order valence-electron chi connectivity index (χ2n) is 4.34. The molecule has 0 radical (unpaired) electrons. The zero-order valence-electron chi connectivity index (χ0n) is 10.7. The van der Waals surface area contributed by atoms with Crippen LogP contribution in [0.1, 0.15) is 21.9 Å². The van der Waals surface area contributed by atoms with Crippen molar-refractivity contribution in [2.75, 3.05) is 7.05 Å². The number of carbonyl (C=O) groups excluding carboxylic acids is 1. The summed E-state index contributed by atoms with van der Waals surface area (Å²) in [5.74, 6) is 1.23. The van der Waals surface area contributed by atoms with Gasteiger partial charge in [0.2, 0.25) is 0 Å². The van der Waals surface area contributed by atoms with Gasteiger partial charge in [0.25, 0.3) is 5.91 Å². The third kappa shape index (κ3) is 3.17. The molecule has 5 heteroatoms. The lowest BCUT2D eigenvalue weighted by Gasteiger charge is -2.16. The first-order valence-electron chi connectivity index (χ1n) is 5.76. The summed E-state index contributed by atoms with van der Waals surface area (Å²) in [6.45, 7) is 2.21. The average Bonchev–Trinajstić information content (AvgIpc) is 2.77. The Morgan fingerprint density at radius 3 is 2.74 bits per heavy atom. The van der Waals surface area contributed by atoms with Crippen LogP contribution >= 0.6 is 15.9 Å². The molecule has 2 rings (SSSR count). The first-order chi connectivity index (χ1) is 8.97. The van der Waals surface area contributed by atoms with Crippen molar-refractivity contribution >= 4 is 21.8 Å². The summed E-state index contributed by atoms with van der Waals surface area (Å²) in [5.41, 5.74) is 0.264. The van der Waals surface area contributed by atoms with Crippen molar-refractivity contribution in [3.63, 3.8) is 0 Å².